The zero-order chi connectivity index (χ0) is 23.3. The summed E-state index contributed by atoms with van der Waals surface area (Å²) in [5.41, 5.74) is 0.905. The second-order valence-electron chi connectivity index (χ2n) is 7.81. The molecule has 1 saturated heterocycles. The van der Waals surface area contributed by atoms with Crippen molar-refractivity contribution in [2.24, 2.45) is 0 Å². The van der Waals surface area contributed by atoms with Crippen molar-refractivity contribution in [1.29, 1.82) is 0 Å². The Morgan fingerprint density at radius 2 is 1.91 bits per heavy atom. The fourth-order valence-corrected chi connectivity index (χ4v) is 5.15. The van der Waals surface area contributed by atoms with E-state index in [4.69, 9.17) is 16.3 Å². The van der Waals surface area contributed by atoms with Gasteiger partial charge in [-0.1, -0.05) is 24.9 Å². The Morgan fingerprint density at radius 1 is 1.19 bits per heavy atom. The lowest BCUT2D eigenvalue weighted by Gasteiger charge is -2.27. The van der Waals surface area contributed by atoms with Crippen molar-refractivity contribution < 1.29 is 22.3 Å². The normalized spacial score (nSPS) is 14.9. The lowest BCUT2D eigenvalue weighted by atomic mass is 10.1. The number of nitrogens with one attached hydrogen (secondary N) is 1. The molecule has 1 amide bonds. The van der Waals surface area contributed by atoms with Gasteiger partial charge in [0, 0.05) is 29.2 Å². The summed E-state index contributed by atoms with van der Waals surface area (Å²) >= 11 is 6.02. The number of hydrogen-bond donors (Lipinski definition) is 1. The molecule has 0 bridgehead atoms. The van der Waals surface area contributed by atoms with E-state index in [0.29, 0.717) is 28.4 Å². The molecule has 0 spiro atoms. The number of methoxy groups -OCH3 is 1. The first-order valence-electron chi connectivity index (χ1n) is 10.6. The van der Waals surface area contributed by atoms with Crippen LogP contribution in [0.4, 0.5) is 4.39 Å². The molecule has 32 heavy (non-hydrogen) atoms. The first-order chi connectivity index (χ1) is 15.2. The summed E-state index contributed by atoms with van der Waals surface area (Å²) in [6, 6.07) is 7.14. The van der Waals surface area contributed by atoms with Crippen LogP contribution >= 0.6 is 11.6 Å². The van der Waals surface area contributed by atoms with Crippen molar-refractivity contribution in [3.63, 3.8) is 0 Å². The Bertz CT molecular complexity index is 1090. The number of carbonyl (C=O) groups is 1. The fourth-order valence-electron chi connectivity index (χ4n) is 3.84. The van der Waals surface area contributed by atoms with E-state index in [1.165, 1.54) is 43.9 Å². The zero-order valence-electron chi connectivity index (χ0n) is 18.3. The third kappa shape index (κ3) is 5.79. The van der Waals surface area contributed by atoms with Crippen LogP contribution in [0.1, 0.15) is 47.7 Å². The summed E-state index contributed by atoms with van der Waals surface area (Å²) in [5, 5.41) is 3.02. The number of halogens is 2. The van der Waals surface area contributed by atoms with Gasteiger partial charge < -0.3 is 10.1 Å². The van der Waals surface area contributed by atoms with Crippen LogP contribution < -0.4 is 10.1 Å². The minimum absolute atomic E-state index is 0.0621. The van der Waals surface area contributed by atoms with Gasteiger partial charge in [-0.15, -0.1) is 0 Å². The number of piperidine rings is 1. The van der Waals surface area contributed by atoms with Gasteiger partial charge in [0.1, 0.15) is 11.6 Å². The molecule has 174 valence electrons. The van der Waals surface area contributed by atoms with Gasteiger partial charge in [-0.05, 0) is 61.8 Å². The van der Waals surface area contributed by atoms with Gasteiger partial charge in [-0.2, -0.15) is 0 Å². The zero-order valence-corrected chi connectivity index (χ0v) is 19.9. The van der Waals surface area contributed by atoms with Gasteiger partial charge in [-0.25, -0.2) is 12.8 Å². The van der Waals surface area contributed by atoms with Gasteiger partial charge in [0.15, 0.2) is 9.84 Å². The number of likely N-dealkylation sites (tertiary alicyclic amines) is 1. The van der Waals surface area contributed by atoms with E-state index >= 15 is 0 Å². The molecule has 0 radical (unpaired) electrons. The van der Waals surface area contributed by atoms with Crippen LogP contribution in [0.15, 0.2) is 35.2 Å². The maximum Gasteiger partial charge on any atom is 0.251 e. The molecule has 1 aliphatic rings. The topological polar surface area (TPSA) is 75.7 Å². The molecule has 0 unspecified atom stereocenters. The lowest BCUT2D eigenvalue weighted by Crippen LogP contribution is -2.30. The van der Waals surface area contributed by atoms with Crippen molar-refractivity contribution >= 4 is 27.3 Å². The summed E-state index contributed by atoms with van der Waals surface area (Å²) < 4.78 is 45.0. The van der Waals surface area contributed by atoms with Crippen molar-refractivity contribution in [3.8, 4) is 5.75 Å². The molecular weight excluding hydrogens is 455 g/mol. The summed E-state index contributed by atoms with van der Waals surface area (Å²) in [6.45, 7) is 3.73. The monoisotopic (exact) mass is 482 g/mol. The summed E-state index contributed by atoms with van der Waals surface area (Å²) in [5.74, 6) is -0.794. The van der Waals surface area contributed by atoms with E-state index in [1.54, 1.807) is 6.92 Å². The largest absolute Gasteiger partial charge is 0.496 e. The van der Waals surface area contributed by atoms with Gasteiger partial charge in [-0.3, -0.25) is 9.69 Å². The fraction of sp³-hybridized carbons (Fsp3) is 0.435. The molecule has 1 heterocycles. The highest BCUT2D eigenvalue weighted by Crippen LogP contribution is 2.27. The number of ether oxygens (including phenoxy) is 1. The number of rotatable bonds is 8. The molecule has 0 aromatic heterocycles. The lowest BCUT2D eigenvalue weighted by molar-refractivity contribution is 0.0949. The molecule has 2 aromatic carbocycles. The molecule has 0 saturated carbocycles. The SMILES string of the molecule is CCS(=O)(=O)c1ccc(Cl)cc1CNC(=O)c1cc(F)c(CN2CCCCC2)c(OC)c1. The van der Waals surface area contributed by atoms with Crippen LogP contribution in [0.5, 0.6) is 5.75 Å². The summed E-state index contributed by atoms with van der Waals surface area (Å²) in [4.78, 5) is 15.0. The minimum Gasteiger partial charge on any atom is -0.496 e. The van der Waals surface area contributed by atoms with Crippen molar-refractivity contribution in [1.82, 2.24) is 10.2 Å². The predicted molar refractivity (Wildman–Crippen MR) is 122 cm³/mol. The van der Waals surface area contributed by atoms with E-state index in [-0.39, 0.29) is 22.8 Å². The van der Waals surface area contributed by atoms with Crippen molar-refractivity contribution in [3.05, 3.63) is 57.9 Å². The highest BCUT2D eigenvalue weighted by Gasteiger charge is 2.21. The highest BCUT2D eigenvalue weighted by atomic mass is 35.5. The predicted octanol–water partition coefficient (Wildman–Crippen LogP) is 4.20. The smallest absolute Gasteiger partial charge is 0.251 e. The molecule has 9 heteroatoms. The van der Waals surface area contributed by atoms with E-state index in [9.17, 15) is 17.6 Å². The van der Waals surface area contributed by atoms with Crippen molar-refractivity contribution in [2.45, 2.75) is 44.2 Å². The average Bonchev–Trinajstić information content (AvgIpc) is 2.79. The van der Waals surface area contributed by atoms with Crippen LogP contribution in [0.2, 0.25) is 5.02 Å². The highest BCUT2D eigenvalue weighted by molar-refractivity contribution is 7.91. The van der Waals surface area contributed by atoms with Crippen molar-refractivity contribution in [2.75, 3.05) is 26.0 Å². The molecular formula is C23H28ClFN2O4S. The Morgan fingerprint density at radius 3 is 2.56 bits per heavy atom. The number of nitrogens with zero attached hydrogens (tertiary/aromatic N) is 1. The number of amides is 1. The second kappa shape index (κ2) is 10.6. The number of hydrogen-bond acceptors (Lipinski definition) is 5. The molecule has 6 nitrogen and oxygen atoms in total. The molecule has 1 N–H and O–H groups in total. The van der Waals surface area contributed by atoms with E-state index < -0.39 is 21.6 Å². The minimum atomic E-state index is -3.49. The first kappa shape index (κ1) is 24.5. The molecule has 1 aliphatic heterocycles. The van der Waals surface area contributed by atoms with E-state index in [0.717, 1.165) is 25.9 Å². The van der Waals surface area contributed by atoms with E-state index in [1.807, 2.05) is 0 Å². The number of sulfone groups is 1. The molecule has 0 atom stereocenters. The van der Waals surface area contributed by atoms with Crippen LogP contribution in [0.25, 0.3) is 0 Å². The Kier molecular flexibility index (Phi) is 8.14. The molecule has 2 aromatic rings. The third-order valence-electron chi connectivity index (χ3n) is 5.64. The Hall–Kier alpha value is -2.16. The number of benzene rings is 2. The molecule has 0 aliphatic carbocycles. The maximum absolute atomic E-state index is 14.9. The van der Waals surface area contributed by atoms with Gasteiger partial charge in [0.2, 0.25) is 0 Å². The number of carbonyl (C=O) groups excluding carboxylic acids is 1. The van der Waals surface area contributed by atoms with Gasteiger partial charge in [0.05, 0.1) is 17.8 Å². The van der Waals surface area contributed by atoms with Crippen LogP contribution in [-0.2, 0) is 22.9 Å². The third-order valence-corrected chi connectivity index (χ3v) is 7.71. The first-order valence-corrected chi connectivity index (χ1v) is 12.7. The Labute approximate surface area is 193 Å². The quantitative estimate of drug-likeness (QED) is 0.610. The Balaban J connectivity index is 1.79. The van der Waals surface area contributed by atoms with Crippen LogP contribution in [-0.4, -0.2) is 45.2 Å². The standard InChI is InChI=1S/C23H28ClFN2O4S/c1-3-32(29,30)22-8-7-18(24)11-17(22)14-26-23(28)16-12-20(25)19(21(13-16)31-2)15-27-9-5-4-6-10-27/h7-8,11-13H,3-6,9-10,14-15H2,1-2H3,(H,26,28). The second-order valence-corrected chi connectivity index (χ2v) is 10.5. The molecule has 3 rings (SSSR count). The molecule has 1 fully saturated rings. The summed E-state index contributed by atoms with van der Waals surface area (Å²) in [7, 11) is -2.04. The van der Waals surface area contributed by atoms with Crippen LogP contribution in [0, 0.1) is 5.82 Å². The summed E-state index contributed by atoms with van der Waals surface area (Å²) in [6.07, 6.45) is 3.36. The van der Waals surface area contributed by atoms with Gasteiger partial charge >= 0.3 is 0 Å². The van der Waals surface area contributed by atoms with Crippen LogP contribution in [0.3, 0.4) is 0 Å². The van der Waals surface area contributed by atoms with Gasteiger partial charge in [0.25, 0.3) is 5.91 Å². The average molecular weight is 483 g/mol. The van der Waals surface area contributed by atoms with E-state index in [2.05, 4.69) is 10.2 Å². The maximum atomic E-state index is 14.9.